The molecule has 0 saturated heterocycles. The molecule has 9 nitrogen and oxygen atoms in total. The van der Waals surface area contributed by atoms with Gasteiger partial charge in [-0.15, -0.1) is 0 Å². The molecule has 0 amide bonds. The van der Waals surface area contributed by atoms with Crippen molar-refractivity contribution in [1.82, 2.24) is 0 Å². The van der Waals surface area contributed by atoms with Crippen LogP contribution in [0.5, 0.6) is 5.75 Å². The number of fused-ring (bicyclic) bond motifs is 1. The molecule has 49 heavy (non-hydrogen) atoms. The van der Waals surface area contributed by atoms with Crippen molar-refractivity contribution in [2.24, 2.45) is 0 Å². The van der Waals surface area contributed by atoms with Crippen LogP contribution in [0.15, 0.2) is 97.1 Å². The summed E-state index contributed by atoms with van der Waals surface area (Å²) >= 11 is 0. The smallest absolute Gasteiger partial charge is 0.480 e. The average molecular weight is 676 g/mol. The lowest BCUT2D eigenvalue weighted by Gasteiger charge is -2.34. The topological polar surface area (TPSA) is 128 Å². The van der Waals surface area contributed by atoms with E-state index < -0.39 is 53.2 Å². The summed E-state index contributed by atoms with van der Waals surface area (Å²) in [4.78, 5) is 55.8. The molecule has 0 aliphatic carbocycles. The van der Waals surface area contributed by atoms with E-state index in [1.165, 1.54) is 61.5 Å². The highest BCUT2D eigenvalue weighted by Gasteiger charge is 2.61. The van der Waals surface area contributed by atoms with Gasteiger partial charge in [-0.2, -0.15) is 13.2 Å². The molecule has 2 N–H and O–H groups in total. The van der Waals surface area contributed by atoms with Crippen LogP contribution in [0.2, 0.25) is 0 Å². The highest BCUT2D eigenvalue weighted by atomic mass is 19.4. The molecule has 0 aromatic heterocycles. The fourth-order valence-electron chi connectivity index (χ4n) is 5.59. The summed E-state index contributed by atoms with van der Waals surface area (Å²) in [6, 6.07) is 21.4. The number of alkyl halides is 3. The third-order valence-electron chi connectivity index (χ3n) is 8.32. The van der Waals surface area contributed by atoms with E-state index in [0.29, 0.717) is 19.4 Å². The van der Waals surface area contributed by atoms with Gasteiger partial charge in [0.05, 0.1) is 11.7 Å². The Morgan fingerprint density at radius 3 is 2.18 bits per heavy atom. The van der Waals surface area contributed by atoms with Crippen LogP contribution < -0.4 is 10.1 Å². The van der Waals surface area contributed by atoms with Gasteiger partial charge in [0.25, 0.3) is 0 Å². The van der Waals surface area contributed by atoms with Crippen molar-refractivity contribution in [2.75, 3.05) is 11.9 Å². The predicted molar refractivity (Wildman–Crippen MR) is 172 cm³/mol. The highest BCUT2D eigenvalue weighted by molar-refractivity contribution is 6.16. The first kappa shape index (κ1) is 34.7. The van der Waals surface area contributed by atoms with Crippen molar-refractivity contribution in [3.63, 3.8) is 0 Å². The van der Waals surface area contributed by atoms with Crippen LogP contribution in [0.25, 0.3) is 11.1 Å². The molecule has 0 bridgehead atoms. The third-order valence-corrected chi connectivity index (χ3v) is 8.32. The Labute approximate surface area is 279 Å². The molecule has 1 aliphatic rings. The van der Waals surface area contributed by atoms with Crippen molar-refractivity contribution < 1.29 is 51.7 Å². The van der Waals surface area contributed by atoms with Gasteiger partial charge in [0, 0.05) is 17.8 Å². The monoisotopic (exact) mass is 675 g/mol. The first-order chi connectivity index (χ1) is 23.4. The molecule has 0 radical (unpaired) electrons. The number of rotatable bonds is 11. The number of esters is 1. The second kappa shape index (κ2) is 14.2. The van der Waals surface area contributed by atoms with Crippen molar-refractivity contribution >= 4 is 29.6 Å². The number of aliphatic carboxylic acids is 1. The number of ether oxygens (including phenoxy) is 3. The molecule has 12 heteroatoms. The summed E-state index contributed by atoms with van der Waals surface area (Å²) in [6.45, 7) is 3.91. The largest absolute Gasteiger partial charge is 0.514 e. The number of ketones is 1. The average Bonchev–Trinajstić information content (AvgIpc) is 3.56. The van der Waals surface area contributed by atoms with Crippen LogP contribution >= 0.6 is 0 Å². The molecular formula is C37H32F3NO8. The number of hydrogen-bond donors (Lipinski definition) is 2. The highest BCUT2D eigenvalue weighted by Crippen LogP contribution is 2.38. The van der Waals surface area contributed by atoms with Crippen LogP contribution in [-0.2, 0) is 37.1 Å². The summed E-state index contributed by atoms with van der Waals surface area (Å²) in [5.74, 6) is -4.32. The van der Waals surface area contributed by atoms with Crippen LogP contribution in [0, 0.1) is 0 Å². The summed E-state index contributed by atoms with van der Waals surface area (Å²) in [5, 5.41) is 14.1. The summed E-state index contributed by atoms with van der Waals surface area (Å²) in [5.41, 5.74) is -2.37. The van der Waals surface area contributed by atoms with Gasteiger partial charge in [0.1, 0.15) is 5.75 Å². The minimum Gasteiger partial charge on any atom is -0.480 e. The Balaban J connectivity index is 1.66. The number of carboxylic acid groups (broad SMARTS) is 1. The van der Waals surface area contributed by atoms with Crippen molar-refractivity contribution in [2.45, 2.75) is 50.5 Å². The van der Waals surface area contributed by atoms with E-state index in [9.17, 15) is 37.5 Å². The fourth-order valence-corrected chi connectivity index (χ4v) is 5.59. The van der Waals surface area contributed by atoms with Crippen molar-refractivity contribution in [1.29, 1.82) is 0 Å². The molecule has 3 atom stereocenters. The number of anilines is 1. The lowest BCUT2D eigenvalue weighted by atomic mass is 9.72. The van der Waals surface area contributed by atoms with Crippen LogP contribution in [0.3, 0.4) is 0 Å². The number of carboxylic acids is 1. The Bertz CT molecular complexity index is 1860. The van der Waals surface area contributed by atoms with Gasteiger partial charge in [0.15, 0.2) is 6.10 Å². The maximum atomic E-state index is 14.7. The Kier molecular flexibility index (Phi) is 10.1. The molecule has 4 aromatic rings. The van der Waals surface area contributed by atoms with Gasteiger partial charge in [0.2, 0.25) is 11.2 Å². The molecule has 1 aliphatic heterocycles. The Morgan fingerprint density at radius 2 is 1.53 bits per heavy atom. The lowest BCUT2D eigenvalue weighted by Crippen LogP contribution is -2.59. The first-order valence-corrected chi connectivity index (χ1v) is 15.4. The number of carbonyl (C=O) groups excluding carboxylic acids is 3. The Hall–Kier alpha value is -5.65. The molecule has 1 heterocycles. The molecule has 254 valence electrons. The van der Waals surface area contributed by atoms with Crippen molar-refractivity contribution in [3.8, 4) is 16.9 Å². The zero-order valence-corrected chi connectivity index (χ0v) is 26.5. The van der Waals surface area contributed by atoms with Gasteiger partial charge in [-0.25, -0.2) is 4.79 Å². The second-order valence-corrected chi connectivity index (χ2v) is 11.4. The minimum absolute atomic E-state index is 0.0478. The second-order valence-electron chi connectivity index (χ2n) is 11.4. The minimum atomic E-state index is -4.62. The number of hydrogen-bond acceptors (Lipinski definition) is 8. The number of carbonyl (C=O) groups is 4. The van der Waals surface area contributed by atoms with Gasteiger partial charge >= 0.3 is 24.3 Å². The van der Waals surface area contributed by atoms with Crippen LogP contribution in [-0.4, -0.2) is 47.7 Å². The lowest BCUT2D eigenvalue weighted by molar-refractivity contribution is -0.170. The van der Waals surface area contributed by atoms with Crippen molar-refractivity contribution in [3.05, 3.63) is 119 Å². The zero-order valence-electron chi connectivity index (χ0n) is 26.5. The third kappa shape index (κ3) is 7.13. The van der Waals surface area contributed by atoms with E-state index in [2.05, 4.69) is 5.32 Å². The van der Waals surface area contributed by atoms with Gasteiger partial charge < -0.3 is 24.6 Å². The molecule has 0 spiro atoms. The summed E-state index contributed by atoms with van der Waals surface area (Å²) < 4.78 is 56.5. The van der Waals surface area contributed by atoms with E-state index in [1.807, 2.05) is 0 Å². The van der Waals surface area contributed by atoms with Crippen LogP contribution in [0.4, 0.5) is 23.7 Å². The van der Waals surface area contributed by atoms with E-state index in [-0.39, 0.29) is 28.0 Å². The molecule has 0 saturated carbocycles. The molecule has 0 fully saturated rings. The van der Waals surface area contributed by atoms with E-state index in [4.69, 9.17) is 14.2 Å². The summed E-state index contributed by atoms with van der Waals surface area (Å²) in [7, 11) is 0. The normalized spacial score (nSPS) is 14.7. The van der Waals surface area contributed by atoms with E-state index in [0.717, 1.165) is 35.5 Å². The maximum Gasteiger partial charge on any atom is 0.514 e. The SMILES string of the molecule is CCC(C)OC(=O)C(C(=O)O)(c1ccccc1)C(OC(=O)Oc1ccc2c(c1)CCN2)C(=O)c1ccccc1-c1ccc(C(F)(F)F)cc1. The molecule has 4 aromatic carbocycles. The maximum absolute atomic E-state index is 14.7. The van der Waals surface area contributed by atoms with E-state index >= 15 is 0 Å². The van der Waals surface area contributed by atoms with Gasteiger partial charge in [-0.05, 0) is 72.4 Å². The molecule has 3 unspecified atom stereocenters. The predicted octanol–water partition coefficient (Wildman–Crippen LogP) is 7.47. The Morgan fingerprint density at radius 1 is 0.857 bits per heavy atom. The molecular weight excluding hydrogens is 643 g/mol. The number of halogens is 3. The number of Topliss-reactive ketones (excluding diaryl/α,β-unsaturated/α-hetero) is 1. The first-order valence-electron chi connectivity index (χ1n) is 15.4. The number of benzene rings is 4. The standard InChI is InChI=1S/C37H32F3NO8/c1-3-22(2)47-34(45)36(33(43)44,25-9-5-4-6-10-25)32(49-35(46)48-27-17-18-30-24(21-27)19-20-41-30)31(42)29-12-8-7-11-28(29)23-13-15-26(16-14-23)37(38,39)40/h4-18,21-22,32,41H,3,19-20H2,1-2H3,(H,43,44). The zero-order chi connectivity index (χ0) is 35.3. The van der Waals surface area contributed by atoms with Gasteiger partial charge in [-0.3, -0.25) is 14.4 Å². The summed E-state index contributed by atoms with van der Waals surface area (Å²) in [6.07, 6.45) is -8.35. The molecule has 5 rings (SSSR count). The van der Waals surface area contributed by atoms with E-state index in [1.54, 1.807) is 25.1 Å². The van der Waals surface area contributed by atoms with Gasteiger partial charge in [-0.1, -0.05) is 73.7 Å². The fraction of sp³-hybridized carbons (Fsp3) is 0.243. The number of nitrogens with one attached hydrogen (secondary N) is 1. The van der Waals surface area contributed by atoms with Crippen LogP contribution in [0.1, 0.15) is 47.3 Å². The quantitative estimate of drug-likeness (QED) is 0.0720.